The number of aromatic nitrogens is 4. The number of aryl methyl sites for hydroxylation is 2. The Morgan fingerprint density at radius 1 is 1.42 bits per heavy atom. The van der Waals surface area contributed by atoms with Crippen molar-refractivity contribution in [2.75, 3.05) is 13.6 Å². The molecule has 0 unspecified atom stereocenters. The van der Waals surface area contributed by atoms with Gasteiger partial charge in [-0.3, -0.25) is 19.0 Å². The second kappa shape index (κ2) is 6.46. The maximum Gasteiger partial charge on any atom is 0.272 e. The molecule has 0 spiro atoms. The summed E-state index contributed by atoms with van der Waals surface area (Å²) in [5.41, 5.74) is 2.34. The summed E-state index contributed by atoms with van der Waals surface area (Å²) in [7, 11) is 1.61. The van der Waals surface area contributed by atoms with Gasteiger partial charge < -0.3 is 10.2 Å². The predicted octanol–water partition coefficient (Wildman–Crippen LogP) is 0.741. The number of amides is 2. The Kier molecular flexibility index (Phi) is 4.37. The molecular formula is C16H22N6O2. The van der Waals surface area contributed by atoms with E-state index in [2.05, 4.69) is 15.5 Å². The molecule has 1 aliphatic rings. The average molecular weight is 330 g/mol. The highest BCUT2D eigenvalue weighted by Crippen LogP contribution is 2.24. The molecule has 24 heavy (non-hydrogen) atoms. The van der Waals surface area contributed by atoms with E-state index in [0.29, 0.717) is 31.7 Å². The van der Waals surface area contributed by atoms with E-state index in [0.717, 1.165) is 11.4 Å². The molecule has 3 rings (SSSR count). The Bertz CT molecular complexity index is 762. The first-order valence-corrected chi connectivity index (χ1v) is 8.10. The minimum atomic E-state index is -0.160. The van der Waals surface area contributed by atoms with Crippen molar-refractivity contribution in [1.29, 1.82) is 0 Å². The van der Waals surface area contributed by atoms with E-state index >= 15 is 0 Å². The van der Waals surface area contributed by atoms with Crippen LogP contribution in [0.4, 0.5) is 0 Å². The van der Waals surface area contributed by atoms with Gasteiger partial charge in [0.15, 0.2) is 0 Å². The fourth-order valence-electron chi connectivity index (χ4n) is 3.13. The fraction of sp³-hybridized carbons (Fsp3) is 0.500. The highest BCUT2D eigenvalue weighted by atomic mass is 16.2. The summed E-state index contributed by atoms with van der Waals surface area (Å²) in [6.45, 7) is 5.42. The third kappa shape index (κ3) is 2.91. The van der Waals surface area contributed by atoms with Crippen LogP contribution in [0.1, 0.15) is 41.3 Å². The molecule has 0 radical (unpaired) electrons. The van der Waals surface area contributed by atoms with Crippen LogP contribution in [-0.4, -0.2) is 49.9 Å². The van der Waals surface area contributed by atoms with Gasteiger partial charge in [0.1, 0.15) is 5.69 Å². The lowest BCUT2D eigenvalue weighted by Gasteiger charge is -2.33. The van der Waals surface area contributed by atoms with Crippen molar-refractivity contribution < 1.29 is 9.59 Å². The summed E-state index contributed by atoms with van der Waals surface area (Å²) in [4.78, 5) is 26.5. The lowest BCUT2D eigenvalue weighted by molar-refractivity contribution is -0.121. The molecule has 0 aliphatic carbocycles. The van der Waals surface area contributed by atoms with Crippen molar-refractivity contribution in [1.82, 2.24) is 29.8 Å². The number of carbonyl (C=O) groups is 2. The van der Waals surface area contributed by atoms with E-state index in [1.807, 2.05) is 30.7 Å². The van der Waals surface area contributed by atoms with E-state index in [9.17, 15) is 9.59 Å². The number of nitrogens with one attached hydrogen (secondary N) is 1. The number of nitrogens with zero attached hydrogens (tertiary/aromatic N) is 5. The smallest absolute Gasteiger partial charge is 0.272 e. The van der Waals surface area contributed by atoms with Crippen LogP contribution in [0.25, 0.3) is 0 Å². The van der Waals surface area contributed by atoms with Gasteiger partial charge in [-0.15, -0.1) is 0 Å². The molecule has 1 N–H and O–H groups in total. The summed E-state index contributed by atoms with van der Waals surface area (Å²) in [5.74, 6) is -0.128. The Labute approximate surface area is 140 Å². The third-order valence-corrected chi connectivity index (χ3v) is 4.29. The van der Waals surface area contributed by atoms with Gasteiger partial charge in [0.05, 0.1) is 30.4 Å². The zero-order valence-corrected chi connectivity index (χ0v) is 14.2. The molecule has 0 fully saturated rings. The van der Waals surface area contributed by atoms with Gasteiger partial charge in [0.2, 0.25) is 5.91 Å². The van der Waals surface area contributed by atoms with Crippen molar-refractivity contribution >= 4 is 11.8 Å². The molecular weight excluding hydrogens is 308 g/mol. The Morgan fingerprint density at radius 3 is 2.92 bits per heavy atom. The summed E-state index contributed by atoms with van der Waals surface area (Å²) in [6.07, 6.45) is 2.00. The minimum absolute atomic E-state index is 0.0631. The van der Waals surface area contributed by atoms with Gasteiger partial charge >= 0.3 is 0 Å². The van der Waals surface area contributed by atoms with Crippen LogP contribution >= 0.6 is 0 Å². The van der Waals surface area contributed by atoms with Crippen LogP contribution in [0.2, 0.25) is 0 Å². The predicted molar refractivity (Wildman–Crippen MR) is 87.3 cm³/mol. The summed E-state index contributed by atoms with van der Waals surface area (Å²) in [5, 5.41) is 11.3. The van der Waals surface area contributed by atoms with Crippen LogP contribution < -0.4 is 5.32 Å². The van der Waals surface area contributed by atoms with Crippen LogP contribution in [-0.2, 0) is 17.9 Å². The number of hydrogen-bond acceptors (Lipinski definition) is 4. The molecule has 3 heterocycles. The van der Waals surface area contributed by atoms with Gasteiger partial charge in [0.25, 0.3) is 5.91 Å². The molecule has 0 bridgehead atoms. The number of rotatable bonds is 4. The highest BCUT2D eigenvalue weighted by molar-refractivity contribution is 5.92. The van der Waals surface area contributed by atoms with Gasteiger partial charge in [-0.05, 0) is 26.0 Å². The second-order valence-corrected chi connectivity index (χ2v) is 5.97. The molecule has 1 aliphatic heterocycles. The molecule has 8 nitrogen and oxygen atoms in total. The number of hydrogen-bond donors (Lipinski definition) is 1. The topological polar surface area (TPSA) is 85.1 Å². The van der Waals surface area contributed by atoms with Crippen LogP contribution in [0.3, 0.4) is 0 Å². The molecule has 1 atom stereocenters. The van der Waals surface area contributed by atoms with Crippen molar-refractivity contribution in [3.63, 3.8) is 0 Å². The Hall–Kier alpha value is -2.64. The van der Waals surface area contributed by atoms with Gasteiger partial charge in [-0.1, -0.05) is 0 Å². The second-order valence-electron chi connectivity index (χ2n) is 5.97. The monoisotopic (exact) mass is 330 g/mol. The van der Waals surface area contributed by atoms with E-state index in [1.54, 1.807) is 22.8 Å². The van der Waals surface area contributed by atoms with Crippen molar-refractivity contribution in [2.45, 2.75) is 39.4 Å². The van der Waals surface area contributed by atoms with Gasteiger partial charge in [0, 0.05) is 26.3 Å². The average Bonchev–Trinajstić information content (AvgIpc) is 3.19. The zero-order valence-electron chi connectivity index (χ0n) is 14.2. The maximum atomic E-state index is 13.0. The van der Waals surface area contributed by atoms with E-state index in [4.69, 9.17) is 0 Å². The number of fused-ring (bicyclic) bond motifs is 1. The van der Waals surface area contributed by atoms with E-state index in [1.165, 1.54) is 0 Å². The molecule has 0 aromatic carbocycles. The molecule has 2 amide bonds. The summed E-state index contributed by atoms with van der Waals surface area (Å²) >= 11 is 0. The first kappa shape index (κ1) is 16.2. The van der Waals surface area contributed by atoms with Gasteiger partial charge in [-0.25, -0.2) is 0 Å². The van der Waals surface area contributed by atoms with Crippen molar-refractivity contribution in [2.24, 2.45) is 0 Å². The Balaban J connectivity index is 1.87. The van der Waals surface area contributed by atoms with Gasteiger partial charge in [-0.2, -0.15) is 10.2 Å². The van der Waals surface area contributed by atoms with Crippen molar-refractivity contribution in [3.8, 4) is 0 Å². The Morgan fingerprint density at radius 2 is 2.21 bits per heavy atom. The standard InChI is InChI=1S/C16H22N6O2/c1-4-21-14(7-11(2)19-21)16(24)20-9-12-5-6-18-22(12)13(10-20)8-15(23)17-3/h5-7,13H,4,8-10H2,1-3H3,(H,17,23)/t13-/m0/s1. The zero-order chi connectivity index (χ0) is 17.3. The van der Waals surface area contributed by atoms with E-state index < -0.39 is 0 Å². The molecule has 128 valence electrons. The SMILES string of the molecule is CCn1nc(C)cc1C(=O)N1Cc2ccnn2[C@@H](CC(=O)NC)C1. The summed E-state index contributed by atoms with van der Waals surface area (Å²) < 4.78 is 3.57. The van der Waals surface area contributed by atoms with Crippen LogP contribution in [0, 0.1) is 6.92 Å². The third-order valence-electron chi connectivity index (χ3n) is 4.29. The highest BCUT2D eigenvalue weighted by Gasteiger charge is 2.31. The quantitative estimate of drug-likeness (QED) is 0.896. The summed E-state index contributed by atoms with van der Waals surface area (Å²) in [6, 6.07) is 3.54. The maximum absolute atomic E-state index is 13.0. The number of carbonyl (C=O) groups excluding carboxylic acids is 2. The minimum Gasteiger partial charge on any atom is -0.359 e. The lowest BCUT2D eigenvalue weighted by Crippen LogP contribution is -2.43. The largest absolute Gasteiger partial charge is 0.359 e. The molecule has 2 aromatic heterocycles. The molecule has 0 saturated carbocycles. The molecule has 8 heteroatoms. The lowest BCUT2D eigenvalue weighted by atomic mass is 10.1. The van der Waals surface area contributed by atoms with E-state index in [-0.39, 0.29) is 17.9 Å². The van der Waals surface area contributed by atoms with Crippen LogP contribution in [0.5, 0.6) is 0 Å². The molecule has 0 saturated heterocycles. The fourth-order valence-corrected chi connectivity index (χ4v) is 3.13. The van der Waals surface area contributed by atoms with Crippen molar-refractivity contribution in [3.05, 3.63) is 35.4 Å². The van der Waals surface area contributed by atoms with Crippen LogP contribution in [0.15, 0.2) is 18.3 Å². The normalized spacial score (nSPS) is 16.8. The molecule has 2 aromatic rings. The first-order valence-electron chi connectivity index (χ1n) is 8.10. The first-order chi connectivity index (χ1) is 11.5.